The number of Topliss-reactive ketones (excluding diaryl/α,β-unsaturated/α-hetero) is 1. The molecule has 0 saturated heterocycles. The summed E-state index contributed by atoms with van der Waals surface area (Å²) in [4.78, 5) is 12.2. The fourth-order valence-electron chi connectivity index (χ4n) is 2.33. The van der Waals surface area contributed by atoms with Crippen LogP contribution in [0.4, 0.5) is 11.4 Å². The van der Waals surface area contributed by atoms with E-state index in [1.165, 1.54) is 0 Å². The van der Waals surface area contributed by atoms with E-state index in [0.717, 1.165) is 21.9 Å². The summed E-state index contributed by atoms with van der Waals surface area (Å²) >= 11 is 0. The molecule has 2 N–H and O–H groups in total. The minimum Gasteiger partial charge on any atom is -1.00 e. The maximum absolute atomic E-state index is 12.2. The van der Waals surface area contributed by atoms with Gasteiger partial charge >= 0.3 is 0 Å². The predicted molar refractivity (Wildman–Crippen MR) is 74.2 cm³/mol. The highest BCUT2D eigenvalue weighted by atomic mass is 79.9. The van der Waals surface area contributed by atoms with Gasteiger partial charge in [0.2, 0.25) is 0 Å². The van der Waals surface area contributed by atoms with Gasteiger partial charge in [0.15, 0.2) is 11.5 Å². The van der Waals surface area contributed by atoms with Gasteiger partial charge in [-0.1, -0.05) is 48.0 Å². The van der Waals surface area contributed by atoms with Crippen molar-refractivity contribution in [3.05, 3.63) is 60.2 Å². The molecule has 20 heavy (non-hydrogen) atoms. The van der Waals surface area contributed by atoms with Crippen LogP contribution in [-0.4, -0.2) is 19.4 Å². The van der Waals surface area contributed by atoms with Gasteiger partial charge in [0, 0.05) is 11.6 Å². The van der Waals surface area contributed by atoms with Gasteiger partial charge in [-0.05, 0) is 6.07 Å². The number of ketones is 1. The standard InChI is InChI=1S/C15H15N3O.BrH/c1-17-13-9-5-6-10-14(13)18(16-17)11-15(19)12-7-3-2-4-8-12;/h2-10,16H,11H2,1H3;1H. The van der Waals surface area contributed by atoms with Gasteiger partial charge in [0.1, 0.15) is 12.2 Å². The molecule has 104 valence electrons. The van der Waals surface area contributed by atoms with Crippen molar-refractivity contribution in [1.82, 2.24) is 5.53 Å². The molecule has 1 aliphatic rings. The van der Waals surface area contributed by atoms with Gasteiger partial charge in [0.05, 0.1) is 7.05 Å². The highest BCUT2D eigenvalue weighted by Crippen LogP contribution is 2.23. The van der Waals surface area contributed by atoms with Crippen LogP contribution < -0.4 is 32.5 Å². The third-order valence-electron chi connectivity index (χ3n) is 3.30. The lowest BCUT2D eigenvalue weighted by Crippen LogP contribution is -3.10. The van der Waals surface area contributed by atoms with Crippen LogP contribution >= 0.6 is 0 Å². The summed E-state index contributed by atoms with van der Waals surface area (Å²) in [5.74, 6) is 0.109. The number of hydrazine groups is 1. The second-order valence-corrected chi connectivity index (χ2v) is 4.63. The number of rotatable bonds is 3. The molecule has 0 amide bonds. The monoisotopic (exact) mass is 333 g/mol. The number of anilines is 1. The summed E-state index contributed by atoms with van der Waals surface area (Å²) in [6, 6.07) is 17.5. The average Bonchev–Trinajstić information content (AvgIpc) is 2.77. The lowest BCUT2D eigenvalue weighted by Gasteiger charge is -2.15. The number of hydrogen-bond donors (Lipinski definition) is 2. The zero-order chi connectivity index (χ0) is 13.2. The largest absolute Gasteiger partial charge is 1.00 e. The Morgan fingerprint density at radius 3 is 2.50 bits per heavy atom. The Labute approximate surface area is 128 Å². The number of nitrogens with zero attached hydrogens (tertiary/aromatic N) is 1. The molecule has 3 rings (SSSR count). The van der Waals surface area contributed by atoms with Crippen LogP contribution in [0.2, 0.25) is 0 Å². The molecule has 1 unspecified atom stereocenters. The van der Waals surface area contributed by atoms with Crippen molar-refractivity contribution in [2.24, 2.45) is 0 Å². The molecular weight excluding hydrogens is 318 g/mol. The van der Waals surface area contributed by atoms with Crippen LogP contribution in [0.3, 0.4) is 0 Å². The number of hydrogen-bond acceptors (Lipinski definition) is 3. The zero-order valence-electron chi connectivity index (χ0n) is 11.1. The zero-order valence-corrected chi connectivity index (χ0v) is 12.7. The van der Waals surface area contributed by atoms with Gasteiger partial charge in [-0.2, -0.15) is 0 Å². The van der Waals surface area contributed by atoms with Crippen molar-refractivity contribution in [3.8, 4) is 0 Å². The predicted octanol–water partition coefficient (Wildman–Crippen LogP) is -2.04. The van der Waals surface area contributed by atoms with Crippen molar-refractivity contribution >= 4 is 17.2 Å². The Balaban J connectivity index is 0.00000147. The van der Waals surface area contributed by atoms with Crippen molar-refractivity contribution in [1.29, 1.82) is 0 Å². The first-order valence-electron chi connectivity index (χ1n) is 6.31. The molecule has 5 heteroatoms. The van der Waals surface area contributed by atoms with Gasteiger partial charge < -0.3 is 17.0 Å². The van der Waals surface area contributed by atoms with E-state index >= 15 is 0 Å². The normalized spacial score (nSPS) is 16.4. The third-order valence-corrected chi connectivity index (χ3v) is 3.30. The number of benzene rings is 2. The summed E-state index contributed by atoms with van der Waals surface area (Å²) in [5, 5.41) is 2.98. The second-order valence-electron chi connectivity index (χ2n) is 4.63. The molecule has 0 spiro atoms. The van der Waals surface area contributed by atoms with Crippen molar-refractivity contribution in [2.75, 3.05) is 18.6 Å². The van der Waals surface area contributed by atoms with Crippen LogP contribution in [0.1, 0.15) is 10.4 Å². The summed E-state index contributed by atoms with van der Waals surface area (Å²) in [6.07, 6.45) is 0. The fraction of sp³-hybridized carbons (Fsp3) is 0.133. The number of carbonyl (C=O) groups excluding carboxylic acids is 1. The molecule has 4 nitrogen and oxygen atoms in total. The number of quaternary nitrogens is 1. The maximum Gasteiger partial charge on any atom is 0.183 e. The summed E-state index contributed by atoms with van der Waals surface area (Å²) in [5.41, 5.74) is 6.21. The molecule has 0 radical (unpaired) electrons. The van der Waals surface area contributed by atoms with Gasteiger partial charge in [-0.15, -0.1) is 0 Å². The fourth-order valence-corrected chi connectivity index (χ4v) is 2.33. The molecule has 0 saturated carbocycles. The third kappa shape index (κ3) is 2.75. The number of fused-ring (bicyclic) bond motifs is 1. The topological polar surface area (TPSA) is 36.8 Å². The van der Waals surface area contributed by atoms with E-state index in [-0.39, 0.29) is 22.8 Å². The first kappa shape index (κ1) is 14.7. The minimum atomic E-state index is 0. The van der Waals surface area contributed by atoms with Crippen molar-refractivity contribution < 1.29 is 26.8 Å². The summed E-state index contributed by atoms with van der Waals surface area (Å²) in [7, 11) is 2.02. The number of nitrogens with one attached hydrogen (secondary N) is 2. The van der Waals surface area contributed by atoms with Crippen LogP contribution in [0.5, 0.6) is 0 Å². The Bertz CT molecular complexity index is 603. The highest BCUT2D eigenvalue weighted by molar-refractivity contribution is 5.99. The first-order chi connectivity index (χ1) is 9.25. The maximum atomic E-state index is 12.2. The van der Waals surface area contributed by atoms with Crippen LogP contribution in [0.25, 0.3) is 0 Å². The van der Waals surface area contributed by atoms with E-state index in [9.17, 15) is 4.79 Å². The molecule has 1 atom stereocenters. The van der Waals surface area contributed by atoms with Gasteiger partial charge in [0.25, 0.3) is 0 Å². The van der Waals surface area contributed by atoms with Gasteiger partial charge in [-0.3, -0.25) is 9.80 Å². The average molecular weight is 334 g/mol. The van der Waals surface area contributed by atoms with E-state index in [1.54, 1.807) is 0 Å². The first-order valence-corrected chi connectivity index (χ1v) is 6.31. The SMILES string of the molecule is C[NH+]1NN(CC(=O)c2ccccc2)c2ccccc21.[Br-]. The Morgan fingerprint density at radius 2 is 1.75 bits per heavy atom. The minimum absolute atomic E-state index is 0. The Kier molecular flexibility index (Phi) is 4.54. The molecule has 2 aromatic rings. The lowest BCUT2D eigenvalue weighted by molar-refractivity contribution is -0.854. The highest BCUT2D eigenvalue weighted by Gasteiger charge is 2.28. The molecular formula is C15H16BrN3O. The smallest absolute Gasteiger partial charge is 0.183 e. The summed E-state index contributed by atoms with van der Waals surface area (Å²) < 4.78 is 0. The Hall–Kier alpha value is -1.69. The Morgan fingerprint density at radius 1 is 1.10 bits per heavy atom. The van der Waals surface area contributed by atoms with E-state index in [2.05, 4.69) is 11.6 Å². The molecule has 0 aromatic heterocycles. The van der Waals surface area contributed by atoms with E-state index < -0.39 is 0 Å². The lowest BCUT2D eigenvalue weighted by atomic mass is 10.1. The van der Waals surface area contributed by atoms with Gasteiger partial charge in [-0.25, -0.2) is 5.01 Å². The van der Waals surface area contributed by atoms with Crippen molar-refractivity contribution in [2.45, 2.75) is 0 Å². The molecule has 0 aliphatic carbocycles. The quantitative estimate of drug-likeness (QED) is 0.635. The number of carbonyl (C=O) groups is 1. The van der Waals surface area contributed by atoms with Crippen LogP contribution in [0, 0.1) is 0 Å². The van der Waals surface area contributed by atoms with Crippen LogP contribution in [0.15, 0.2) is 54.6 Å². The van der Waals surface area contributed by atoms with E-state index in [4.69, 9.17) is 0 Å². The molecule has 2 aromatic carbocycles. The molecule has 1 aliphatic heterocycles. The van der Waals surface area contributed by atoms with Crippen molar-refractivity contribution in [3.63, 3.8) is 0 Å². The van der Waals surface area contributed by atoms with Crippen LogP contribution in [-0.2, 0) is 0 Å². The van der Waals surface area contributed by atoms with E-state index in [1.807, 2.05) is 60.6 Å². The van der Waals surface area contributed by atoms with E-state index in [0.29, 0.717) is 6.54 Å². The number of para-hydroxylation sites is 2. The summed E-state index contributed by atoms with van der Waals surface area (Å²) in [6.45, 7) is 0.332. The molecule has 0 bridgehead atoms. The molecule has 0 fully saturated rings. The second kappa shape index (κ2) is 6.17. The molecule has 1 heterocycles. The number of halogens is 1.